The molecule has 0 bridgehead atoms. The maximum atomic E-state index is 14.6. The molecule has 1 atom stereocenters. The van der Waals surface area contributed by atoms with Crippen LogP contribution in [0.3, 0.4) is 0 Å². The zero-order chi connectivity index (χ0) is 23.4. The molecular formula is C25H27FN4O2S. The van der Waals surface area contributed by atoms with Crippen molar-refractivity contribution in [2.75, 3.05) is 4.90 Å². The molecule has 4 rings (SSSR count). The van der Waals surface area contributed by atoms with Gasteiger partial charge in [-0.05, 0) is 61.5 Å². The summed E-state index contributed by atoms with van der Waals surface area (Å²) in [6.07, 6.45) is 5.12. The van der Waals surface area contributed by atoms with Crippen LogP contribution in [0.15, 0.2) is 48.5 Å². The Balaban J connectivity index is 1.81. The average molecular weight is 467 g/mol. The molecule has 3 aromatic rings. The van der Waals surface area contributed by atoms with Crippen molar-refractivity contribution in [3.63, 3.8) is 0 Å². The van der Waals surface area contributed by atoms with E-state index in [0.717, 1.165) is 43.6 Å². The summed E-state index contributed by atoms with van der Waals surface area (Å²) in [5.74, 6) is -1.22. The highest BCUT2D eigenvalue weighted by Crippen LogP contribution is 2.32. The van der Waals surface area contributed by atoms with Crippen molar-refractivity contribution in [1.82, 2.24) is 14.9 Å². The quantitative estimate of drug-likeness (QED) is 0.546. The molecule has 1 unspecified atom stereocenters. The first-order chi connectivity index (χ1) is 16.0. The second kappa shape index (κ2) is 10.2. The standard InChI is InChI=1S/C25H27FN4O2S/c1-16-13-14-20(15-21(16)26)30(25(32)22-17(2)33-29-28-22)23(18-9-5-3-6-10-18)24(31)27-19-11-7-4-8-12-19/h3,5-6,9-10,13-15,19,23H,4,7-8,11-12H2,1-2H3,(H,27,31). The molecule has 1 aliphatic carbocycles. The van der Waals surface area contributed by atoms with E-state index in [9.17, 15) is 14.0 Å². The van der Waals surface area contributed by atoms with Crippen molar-refractivity contribution in [3.05, 3.63) is 76.0 Å². The van der Waals surface area contributed by atoms with E-state index in [4.69, 9.17) is 0 Å². The second-order valence-corrected chi connectivity index (χ2v) is 9.40. The van der Waals surface area contributed by atoms with E-state index in [1.54, 1.807) is 26.0 Å². The van der Waals surface area contributed by atoms with Crippen LogP contribution in [0, 0.1) is 19.7 Å². The van der Waals surface area contributed by atoms with Crippen LogP contribution in [0.1, 0.15) is 64.6 Å². The molecule has 1 aromatic heterocycles. The number of nitrogens with one attached hydrogen (secondary N) is 1. The van der Waals surface area contributed by atoms with Crippen molar-refractivity contribution < 1.29 is 14.0 Å². The highest BCUT2D eigenvalue weighted by atomic mass is 32.1. The van der Waals surface area contributed by atoms with Gasteiger partial charge in [0.2, 0.25) is 5.91 Å². The molecule has 33 heavy (non-hydrogen) atoms. The molecule has 1 heterocycles. The SMILES string of the molecule is Cc1ccc(N(C(=O)c2nnsc2C)C(C(=O)NC2CCCCC2)c2ccccc2)cc1F. The first kappa shape index (κ1) is 23.0. The molecule has 172 valence electrons. The summed E-state index contributed by atoms with van der Waals surface area (Å²) in [6.45, 7) is 3.41. The summed E-state index contributed by atoms with van der Waals surface area (Å²) in [4.78, 5) is 29.5. The molecule has 8 heteroatoms. The molecule has 0 spiro atoms. The molecule has 0 aliphatic heterocycles. The molecule has 1 N–H and O–H groups in total. The molecule has 0 saturated heterocycles. The molecule has 2 aromatic carbocycles. The number of rotatable bonds is 6. The lowest BCUT2D eigenvalue weighted by Gasteiger charge is -2.33. The van der Waals surface area contributed by atoms with Gasteiger partial charge in [-0.25, -0.2) is 4.39 Å². The van der Waals surface area contributed by atoms with Crippen LogP contribution in [0.25, 0.3) is 0 Å². The van der Waals surface area contributed by atoms with Crippen molar-refractivity contribution in [2.24, 2.45) is 0 Å². The molecule has 0 radical (unpaired) electrons. The molecular weight excluding hydrogens is 439 g/mol. The van der Waals surface area contributed by atoms with Crippen LogP contribution in [0.4, 0.5) is 10.1 Å². The Hall–Kier alpha value is -3.13. The number of hydrogen-bond donors (Lipinski definition) is 1. The van der Waals surface area contributed by atoms with Gasteiger partial charge in [0.1, 0.15) is 11.9 Å². The van der Waals surface area contributed by atoms with E-state index in [0.29, 0.717) is 21.7 Å². The fourth-order valence-electron chi connectivity index (χ4n) is 4.24. The van der Waals surface area contributed by atoms with Gasteiger partial charge in [0.15, 0.2) is 5.69 Å². The lowest BCUT2D eigenvalue weighted by molar-refractivity contribution is -0.123. The third-order valence-electron chi connectivity index (χ3n) is 6.08. The highest BCUT2D eigenvalue weighted by molar-refractivity contribution is 7.05. The van der Waals surface area contributed by atoms with Gasteiger partial charge < -0.3 is 5.32 Å². The van der Waals surface area contributed by atoms with Crippen LogP contribution in [-0.2, 0) is 4.79 Å². The van der Waals surface area contributed by atoms with Crippen LogP contribution in [0.5, 0.6) is 0 Å². The Kier molecular flexibility index (Phi) is 7.13. The summed E-state index contributed by atoms with van der Waals surface area (Å²) in [6, 6.07) is 12.8. The highest BCUT2D eigenvalue weighted by Gasteiger charge is 2.36. The van der Waals surface area contributed by atoms with Crippen molar-refractivity contribution in [2.45, 2.75) is 58.0 Å². The number of carbonyl (C=O) groups excluding carboxylic acids is 2. The van der Waals surface area contributed by atoms with Crippen molar-refractivity contribution in [3.8, 4) is 0 Å². The van der Waals surface area contributed by atoms with Crippen LogP contribution < -0.4 is 10.2 Å². The van der Waals surface area contributed by atoms with E-state index in [2.05, 4.69) is 14.9 Å². The molecule has 6 nitrogen and oxygen atoms in total. The summed E-state index contributed by atoms with van der Waals surface area (Å²) in [5, 5.41) is 7.15. The third-order valence-corrected chi connectivity index (χ3v) is 6.71. The minimum absolute atomic E-state index is 0.0619. The van der Waals surface area contributed by atoms with Gasteiger partial charge in [0.25, 0.3) is 5.91 Å². The van der Waals surface area contributed by atoms with Crippen molar-refractivity contribution in [1.29, 1.82) is 0 Å². The van der Waals surface area contributed by atoms with E-state index >= 15 is 0 Å². The maximum Gasteiger partial charge on any atom is 0.281 e. The number of amides is 2. The predicted molar refractivity (Wildman–Crippen MR) is 127 cm³/mol. The number of benzene rings is 2. The third kappa shape index (κ3) is 5.11. The number of carbonyl (C=O) groups is 2. The maximum absolute atomic E-state index is 14.6. The van der Waals surface area contributed by atoms with Gasteiger partial charge in [0, 0.05) is 11.7 Å². The zero-order valence-corrected chi connectivity index (χ0v) is 19.6. The second-order valence-electron chi connectivity index (χ2n) is 8.44. The van der Waals surface area contributed by atoms with Gasteiger partial charge in [-0.15, -0.1) is 5.10 Å². The van der Waals surface area contributed by atoms with Gasteiger partial charge in [-0.3, -0.25) is 14.5 Å². The Morgan fingerprint density at radius 3 is 2.45 bits per heavy atom. The normalized spacial score (nSPS) is 15.1. The summed E-state index contributed by atoms with van der Waals surface area (Å²) in [5.41, 5.74) is 1.55. The number of halogens is 1. The summed E-state index contributed by atoms with van der Waals surface area (Å²) < 4.78 is 18.5. The Labute approximate surface area is 197 Å². The first-order valence-corrected chi connectivity index (χ1v) is 12.0. The average Bonchev–Trinajstić information content (AvgIpc) is 3.26. The summed E-state index contributed by atoms with van der Waals surface area (Å²) in [7, 11) is 0. The number of anilines is 1. The van der Waals surface area contributed by atoms with Crippen LogP contribution >= 0.6 is 11.5 Å². The summed E-state index contributed by atoms with van der Waals surface area (Å²) >= 11 is 1.11. The lowest BCUT2D eigenvalue weighted by Crippen LogP contribution is -2.47. The van der Waals surface area contributed by atoms with Crippen LogP contribution in [0.2, 0.25) is 0 Å². The van der Waals surface area contributed by atoms with Gasteiger partial charge in [-0.2, -0.15) is 0 Å². The monoisotopic (exact) mass is 466 g/mol. The van der Waals surface area contributed by atoms with E-state index in [1.807, 2.05) is 30.3 Å². The molecule has 1 saturated carbocycles. The first-order valence-electron chi connectivity index (χ1n) is 11.2. The van der Waals surface area contributed by atoms with E-state index < -0.39 is 17.8 Å². The minimum atomic E-state index is -0.983. The van der Waals surface area contributed by atoms with E-state index in [1.165, 1.54) is 11.0 Å². The fourth-order valence-corrected chi connectivity index (χ4v) is 4.70. The lowest BCUT2D eigenvalue weighted by atomic mass is 9.94. The Morgan fingerprint density at radius 2 is 1.82 bits per heavy atom. The molecule has 2 amide bonds. The Bertz CT molecular complexity index is 1130. The predicted octanol–water partition coefficient (Wildman–Crippen LogP) is 5.13. The van der Waals surface area contributed by atoms with Crippen molar-refractivity contribution >= 4 is 29.0 Å². The molecule has 1 fully saturated rings. The van der Waals surface area contributed by atoms with Gasteiger partial charge in [-0.1, -0.05) is 60.1 Å². The van der Waals surface area contributed by atoms with Gasteiger partial charge in [0.05, 0.1) is 4.88 Å². The zero-order valence-electron chi connectivity index (χ0n) is 18.8. The number of nitrogens with zero attached hydrogens (tertiary/aromatic N) is 3. The Morgan fingerprint density at radius 1 is 1.09 bits per heavy atom. The number of aryl methyl sites for hydroxylation is 2. The van der Waals surface area contributed by atoms with Gasteiger partial charge >= 0.3 is 0 Å². The largest absolute Gasteiger partial charge is 0.351 e. The minimum Gasteiger partial charge on any atom is -0.351 e. The number of aromatic nitrogens is 2. The topological polar surface area (TPSA) is 75.2 Å². The smallest absolute Gasteiger partial charge is 0.281 e. The molecule has 1 aliphatic rings. The van der Waals surface area contributed by atoms with E-state index in [-0.39, 0.29) is 17.6 Å². The fraction of sp³-hybridized carbons (Fsp3) is 0.360. The van der Waals surface area contributed by atoms with Crippen LogP contribution in [-0.4, -0.2) is 27.4 Å². The number of hydrogen-bond acceptors (Lipinski definition) is 5.